The molecule has 37 heavy (non-hydrogen) atoms. The average molecular weight is 522 g/mol. The van der Waals surface area contributed by atoms with E-state index in [1.807, 2.05) is 11.0 Å². The van der Waals surface area contributed by atoms with Crippen LogP contribution in [0.4, 0.5) is 29.3 Å². The summed E-state index contributed by atoms with van der Waals surface area (Å²) in [7, 11) is 1.73. The smallest absolute Gasteiger partial charge is 0.260 e. The lowest BCUT2D eigenvalue weighted by Gasteiger charge is -2.41. The molecule has 14 heteroatoms. The maximum Gasteiger partial charge on any atom is 0.260 e. The first kappa shape index (κ1) is 25.1. The second kappa shape index (κ2) is 10.1. The van der Waals surface area contributed by atoms with Gasteiger partial charge in [-0.1, -0.05) is 0 Å². The lowest BCUT2D eigenvalue weighted by Crippen LogP contribution is -2.55. The summed E-state index contributed by atoms with van der Waals surface area (Å²) in [5, 5.41) is 11.6. The highest BCUT2D eigenvalue weighted by molar-refractivity contribution is 5.87. The van der Waals surface area contributed by atoms with Crippen LogP contribution in [0.25, 0.3) is 22.4 Å². The van der Waals surface area contributed by atoms with Crippen molar-refractivity contribution in [3.8, 4) is 11.3 Å². The molecule has 0 bridgehead atoms. The van der Waals surface area contributed by atoms with Crippen LogP contribution in [-0.2, 0) is 11.2 Å². The molecule has 0 saturated carbocycles. The molecule has 4 aromatic rings. The van der Waals surface area contributed by atoms with E-state index in [1.165, 1.54) is 10.7 Å². The Labute approximate surface area is 209 Å². The second-order valence-electron chi connectivity index (χ2n) is 9.05. The Bertz CT molecular complexity index is 1390. The van der Waals surface area contributed by atoms with Crippen LogP contribution >= 0.6 is 0 Å². The SMILES string of the molecule is CNc1nc(N)nn2ccc(-c3ccc4ncc(CC(F)F)n4n3)c12.FC1(F)CCCN(C2COC2)C1. The Morgan fingerprint density at radius 1 is 1.22 bits per heavy atom. The number of anilines is 2. The van der Waals surface area contributed by atoms with Gasteiger partial charge in [0.05, 0.1) is 49.8 Å². The third-order valence-electron chi connectivity index (χ3n) is 6.40. The topological polar surface area (TPSA) is 111 Å². The van der Waals surface area contributed by atoms with Crippen molar-refractivity contribution in [1.29, 1.82) is 0 Å². The van der Waals surface area contributed by atoms with Gasteiger partial charge in [-0.25, -0.2) is 31.6 Å². The molecule has 2 aliphatic rings. The molecule has 0 radical (unpaired) electrons. The molecule has 10 nitrogen and oxygen atoms in total. The Kier molecular flexibility index (Phi) is 6.86. The third kappa shape index (κ3) is 5.30. The molecule has 6 rings (SSSR count). The summed E-state index contributed by atoms with van der Waals surface area (Å²) in [4.78, 5) is 10.1. The molecular weight excluding hydrogens is 494 g/mol. The summed E-state index contributed by atoms with van der Waals surface area (Å²) < 4.78 is 59.3. The molecule has 0 atom stereocenters. The number of piperidine rings is 1. The highest BCUT2D eigenvalue weighted by Gasteiger charge is 2.39. The first-order valence-corrected chi connectivity index (χ1v) is 11.9. The Balaban J connectivity index is 0.000000195. The fourth-order valence-corrected chi connectivity index (χ4v) is 4.53. The van der Waals surface area contributed by atoms with Crippen LogP contribution in [-0.4, -0.2) is 85.8 Å². The van der Waals surface area contributed by atoms with E-state index >= 15 is 0 Å². The Hall–Kier alpha value is -3.52. The number of hydrogen-bond donors (Lipinski definition) is 2. The number of likely N-dealkylation sites (tertiary alicyclic amines) is 1. The van der Waals surface area contributed by atoms with Crippen LogP contribution in [0.15, 0.2) is 30.6 Å². The number of hydrogen-bond acceptors (Lipinski definition) is 8. The predicted molar refractivity (Wildman–Crippen MR) is 129 cm³/mol. The average Bonchev–Trinajstić information content (AvgIpc) is 3.40. The number of ether oxygens (including phenoxy) is 1. The molecule has 0 unspecified atom stereocenters. The fraction of sp³-hybridized carbons (Fsp3) is 0.478. The molecule has 0 aliphatic carbocycles. The minimum Gasteiger partial charge on any atom is -0.378 e. The summed E-state index contributed by atoms with van der Waals surface area (Å²) >= 11 is 0. The minimum absolute atomic E-state index is 0.0527. The van der Waals surface area contributed by atoms with Crippen molar-refractivity contribution in [3.05, 3.63) is 36.3 Å². The maximum absolute atomic E-state index is 12.9. The molecule has 198 valence electrons. The van der Waals surface area contributed by atoms with E-state index in [0.29, 0.717) is 48.0 Å². The lowest BCUT2D eigenvalue weighted by molar-refractivity contribution is -0.126. The van der Waals surface area contributed by atoms with Gasteiger partial charge in [0.25, 0.3) is 5.92 Å². The molecule has 2 saturated heterocycles. The Morgan fingerprint density at radius 2 is 2.03 bits per heavy atom. The third-order valence-corrected chi connectivity index (χ3v) is 6.40. The van der Waals surface area contributed by atoms with Crippen molar-refractivity contribution < 1.29 is 22.3 Å². The number of nitrogens with zero attached hydrogens (tertiary/aromatic N) is 7. The summed E-state index contributed by atoms with van der Waals surface area (Å²) in [6.45, 7) is 2.01. The number of fused-ring (bicyclic) bond motifs is 2. The van der Waals surface area contributed by atoms with Crippen LogP contribution in [0.3, 0.4) is 0 Å². The fourth-order valence-electron chi connectivity index (χ4n) is 4.53. The van der Waals surface area contributed by atoms with E-state index in [9.17, 15) is 17.6 Å². The van der Waals surface area contributed by atoms with Crippen LogP contribution < -0.4 is 11.1 Å². The van der Waals surface area contributed by atoms with Crippen LogP contribution in [0.2, 0.25) is 0 Å². The van der Waals surface area contributed by atoms with Crippen LogP contribution in [0, 0.1) is 0 Å². The molecule has 0 amide bonds. The molecular formula is C23H27F4N9O. The van der Waals surface area contributed by atoms with Crippen molar-refractivity contribution in [2.45, 2.75) is 37.7 Å². The summed E-state index contributed by atoms with van der Waals surface area (Å²) in [5.74, 6) is -1.78. The van der Waals surface area contributed by atoms with E-state index in [4.69, 9.17) is 10.5 Å². The van der Waals surface area contributed by atoms with E-state index in [1.54, 1.807) is 29.9 Å². The summed E-state index contributed by atoms with van der Waals surface area (Å²) in [6, 6.07) is 5.59. The highest BCUT2D eigenvalue weighted by atomic mass is 19.3. The van der Waals surface area contributed by atoms with Gasteiger partial charge in [0.1, 0.15) is 5.52 Å². The van der Waals surface area contributed by atoms with E-state index in [2.05, 4.69) is 25.5 Å². The van der Waals surface area contributed by atoms with E-state index in [0.717, 1.165) is 12.1 Å². The van der Waals surface area contributed by atoms with Crippen molar-refractivity contribution in [2.75, 3.05) is 44.4 Å². The number of rotatable bonds is 5. The van der Waals surface area contributed by atoms with Gasteiger partial charge in [0, 0.05) is 25.2 Å². The minimum atomic E-state index is -2.46. The number of imidazole rings is 1. The largest absolute Gasteiger partial charge is 0.378 e. The predicted octanol–water partition coefficient (Wildman–Crippen LogP) is 2.99. The normalized spacial score (nSPS) is 18.1. The van der Waals surface area contributed by atoms with Crippen LogP contribution in [0.5, 0.6) is 0 Å². The van der Waals surface area contributed by atoms with E-state index < -0.39 is 18.8 Å². The number of alkyl halides is 4. The molecule has 6 heterocycles. The number of nitrogen functional groups attached to an aromatic ring is 1. The van der Waals surface area contributed by atoms with Crippen molar-refractivity contribution in [1.82, 2.24) is 34.1 Å². The molecule has 0 aromatic carbocycles. The number of halogens is 4. The van der Waals surface area contributed by atoms with Crippen molar-refractivity contribution in [2.24, 2.45) is 0 Å². The highest BCUT2D eigenvalue weighted by Crippen LogP contribution is 2.30. The standard InChI is InChI=1S/C15H14F2N8.C8H13F2NO/c1-19-14-13-9(4-5-24(13)23-15(18)21-14)10-2-3-12-20-7-8(6-11(16)17)25(12)22-10;9-8(10)2-1-3-11(6-8)7-4-12-5-7/h2-5,7,11H,6H2,1H3,(H3,18,19,21,23);7H,1-6H2. The monoisotopic (exact) mass is 521 g/mol. The van der Waals surface area contributed by atoms with Gasteiger partial charge in [0.2, 0.25) is 12.4 Å². The second-order valence-corrected chi connectivity index (χ2v) is 9.05. The first-order valence-electron chi connectivity index (χ1n) is 11.9. The first-order chi connectivity index (χ1) is 17.7. The number of aromatic nitrogens is 6. The summed E-state index contributed by atoms with van der Waals surface area (Å²) in [6.07, 6.45) is 0.950. The van der Waals surface area contributed by atoms with Crippen molar-refractivity contribution >= 4 is 22.9 Å². The number of nitrogens with one attached hydrogen (secondary N) is 1. The maximum atomic E-state index is 12.9. The Morgan fingerprint density at radius 3 is 2.70 bits per heavy atom. The van der Waals surface area contributed by atoms with Gasteiger partial charge >= 0.3 is 0 Å². The summed E-state index contributed by atoms with van der Waals surface area (Å²) in [5.41, 5.74) is 8.59. The van der Waals surface area contributed by atoms with Gasteiger partial charge in [-0.15, -0.1) is 5.10 Å². The molecule has 2 aliphatic heterocycles. The van der Waals surface area contributed by atoms with Gasteiger partial charge < -0.3 is 15.8 Å². The molecule has 3 N–H and O–H groups in total. The van der Waals surface area contributed by atoms with Crippen molar-refractivity contribution in [3.63, 3.8) is 0 Å². The zero-order chi connectivity index (χ0) is 26.2. The quantitative estimate of drug-likeness (QED) is 0.386. The van der Waals surface area contributed by atoms with Gasteiger partial charge in [-0.3, -0.25) is 4.90 Å². The van der Waals surface area contributed by atoms with Gasteiger partial charge in [0.15, 0.2) is 11.5 Å². The van der Waals surface area contributed by atoms with Crippen LogP contribution in [0.1, 0.15) is 18.5 Å². The molecule has 0 spiro atoms. The molecule has 4 aromatic heterocycles. The lowest BCUT2D eigenvalue weighted by atomic mass is 10.0. The van der Waals surface area contributed by atoms with Gasteiger partial charge in [-0.2, -0.15) is 10.1 Å². The molecule has 2 fully saturated rings. The van der Waals surface area contributed by atoms with E-state index in [-0.39, 0.29) is 25.0 Å². The zero-order valence-corrected chi connectivity index (χ0v) is 20.1. The number of nitrogens with two attached hydrogens (primary N) is 1. The van der Waals surface area contributed by atoms with Gasteiger partial charge in [-0.05, 0) is 31.2 Å². The zero-order valence-electron chi connectivity index (χ0n) is 20.1.